The predicted molar refractivity (Wildman–Crippen MR) is 83.1 cm³/mol. The van der Waals surface area contributed by atoms with Crippen molar-refractivity contribution in [2.75, 3.05) is 5.32 Å². The number of carbonyl (C=O) groups is 1. The van der Waals surface area contributed by atoms with Crippen molar-refractivity contribution in [1.82, 2.24) is 4.31 Å². The molecule has 3 aliphatic rings. The third-order valence-electron chi connectivity index (χ3n) is 4.87. The lowest BCUT2D eigenvalue weighted by molar-refractivity contribution is -0.115. The Morgan fingerprint density at radius 2 is 1.73 bits per heavy atom. The number of hydrogen-bond donors (Lipinski definition) is 1. The second-order valence-corrected chi connectivity index (χ2v) is 8.39. The molecule has 4 rings (SSSR count). The molecule has 1 aromatic carbocycles. The van der Waals surface area contributed by atoms with Crippen LogP contribution in [0.3, 0.4) is 0 Å². The standard InChI is InChI=1S/C16H20N2O3S/c19-16-10-11-9-14(7-8-15(11)17-16)22(20,21)18(13-5-6-13)12-3-1-2-4-12/h7-9,12-13H,1-6,10H2,(H,17,19). The Labute approximate surface area is 130 Å². The third kappa shape index (κ3) is 2.34. The van der Waals surface area contributed by atoms with E-state index < -0.39 is 10.0 Å². The van der Waals surface area contributed by atoms with Crippen LogP contribution < -0.4 is 5.32 Å². The van der Waals surface area contributed by atoms with Gasteiger partial charge in [-0.2, -0.15) is 4.31 Å². The number of benzene rings is 1. The monoisotopic (exact) mass is 320 g/mol. The Morgan fingerprint density at radius 3 is 2.41 bits per heavy atom. The maximum atomic E-state index is 13.1. The minimum absolute atomic E-state index is 0.0700. The molecule has 2 saturated carbocycles. The van der Waals surface area contributed by atoms with E-state index in [-0.39, 0.29) is 24.4 Å². The minimum Gasteiger partial charge on any atom is -0.326 e. The topological polar surface area (TPSA) is 66.5 Å². The van der Waals surface area contributed by atoms with E-state index in [1.807, 2.05) is 0 Å². The van der Waals surface area contributed by atoms with Gasteiger partial charge < -0.3 is 5.32 Å². The summed E-state index contributed by atoms with van der Waals surface area (Å²) in [6.45, 7) is 0. The molecule has 22 heavy (non-hydrogen) atoms. The molecule has 1 aliphatic heterocycles. The van der Waals surface area contributed by atoms with Crippen molar-refractivity contribution in [1.29, 1.82) is 0 Å². The second-order valence-electron chi connectivity index (χ2n) is 6.55. The number of sulfonamides is 1. The quantitative estimate of drug-likeness (QED) is 0.925. The molecule has 0 saturated heterocycles. The maximum absolute atomic E-state index is 13.1. The highest BCUT2D eigenvalue weighted by Crippen LogP contribution is 2.39. The van der Waals surface area contributed by atoms with Gasteiger partial charge in [0.25, 0.3) is 0 Å². The first-order valence-electron chi connectivity index (χ1n) is 8.02. The van der Waals surface area contributed by atoms with Crippen molar-refractivity contribution in [3.8, 4) is 0 Å². The van der Waals surface area contributed by atoms with E-state index in [2.05, 4.69) is 5.32 Å². The summed E-state index contributed by atoms with van der Waals surface area (Å²) in [5.74, 6) is -0.0700. The van der Waals surface area contributed by atoms with Crippen LogP contribution in [0.2, 0.25) is 0 Å². The summed E-state index contributed by atoms with van der Waals surface area (Å²) in [5, 5.41) is 2.75. The van der Waals surface area contributed by atoms with Gasteiger partial charge in [-0.1, -0.05) is 12.8 Å². The highest BCUT2D eigenvalue weighted by Gasteiger charge is 2.43. The number of nitrogens with zero attached hydrogens (tertiary/aromatic N) is 1. The normalized spacial score (nSPS) is 22.1. The molecular formula is C16H20N2O3S. The van der Waals surface area contributed by atoms with Crippen molar-refractivity contribution in [3.63, 3.8) is 0 Å². The summed E-state index contributed by atoms with van der Waals surface area (Å²) in [7, 11) is -3.47. The zero-order chi connectivity index (χ0) is 15.3. The van der Waals surface area contributed by atoms with Crippen LogP contribution in [-0.2, 0) is 21.2 Å². The van der Waals surface area contributed by atoms with Gasteiger partial charge in [-0.25, -0.2) is 8.42 Å². The summed E-state index contributed by atoms with van der Waals surface area (Å²) >= 11 is 0. The molecule has 2 fully saturated rings. The number of anilines is 1. The SMILES string of the molecule is O=C1Cc2cc(S(=O)(=O)N(C3CCCC3)C3CC3)ccc2N1. The van der Waals surface area contributed by atoms with Gasteiger partial charge in [0.05, 0.1) is 11.3 Å². The number of amides is 1. The third-order valence-corrected chi connectivity index (χ3v) is 6.87. The summed E-state index contributed by atoms with van der Waals surface area (Å²) in [6.07, 6.45) is 6.40. The zero-order valence-electron chi connectivity index (χ0n) is 12.4. The number of nitrogens with one attached hydrogen (secondary N) is 1. The number of carbonyl (C=O) groups excluding carboxylic acids is 1. The predicted octanol–water partition coefficient (Wildman–Crippen LogP) is 2.28. The Morgan fingerprint density at radius 1 is 1.05 bits per heavy atom. The van der Waals surface area contributed by atoms with Crippen molar-refractivity contribution in [3.05, 3.63) is 23.8 Å². The first-order chi connectivity index (χ1) is 10.6. The van der Waals surface area contributed by atoms with E-state index in [4.69, 9.17) is 0 Å². The molecule has 0 aromatic heterocycles. The lowest BCUT2D eigenvalue weighted by atomic mass is 10.2. The first kappa shape index (κ1) is 14.2. The molecule has 5 nitrogen and oxygen atoms in total. The van der Waals surface area contributed by atoms with Crippen LogP contribution in [0.25, 0.3) is 0 Å². The Kier molecular flexibility index (Phi) is 3.27. The zero-order valence-corrected chi connectivity index (χ0v) is 13.2. The summed E-state index contributed by atoms with van der Waals surface area (Å²) < 4.78 is 28.0. The van der Waals surface area contributed by atoms with E-state index in [1.54, 1.807) is 22.5 Å². The fourth-order valence-corrected chi connectivity index (χ4v) is 5.65. The molecule has 0 radical (unpaired) electrons. The average Bonchev–Trinajstić information content (AvgIpc) is 2.99. The van der Waals surface area contributed by atoms with Crippen molar-refractivity contribution in [2.24, 2.45) is 0 Å². The summed E-state index contributed by atoms with van der Waals surface area (Å²) in [6, 6.07) is 5.36. The summed E-state index contributed by atoms with van der Waals surface area (Å²) in [4.78, 5) is 11.8. The highest BCUT2D eigenvalue weighted by molar-refractivity contribution is 7.89. The number of hydrogen-bond acceptors (Lipinski definition) is 3. The van der Waals surface area contributed by atoms with Gasteiger partial charge in [0.15, 0.2) is 0 Å². The fraction of sp³-hybridized carbons (Fsp3) is 0.562. The fourth-order valence-electron chi connectivity index (χ4n) is 3.67. The maximum Gasteiger partial charge on any atom is 0.243 e. The lowest BCUT2D eigenvalue weighted by Gasteiger charge is -2.28. The molecule has 0 unspecified atom stereocenters. The van der Waals surface area contributed by atoms with Crippen LogP contribution in [0.5, 0.6) is 0 Å². The molecule has 0 spiro atoms. The van der Waals surface area contributed by atoms with Crippen molar-refractivity contribution >= 4 is 21.6 Å². The highest BCUT2D eigenvalue weighted by atomic mass is 32.2. The van der Waals surface area contributed by atoms with Crippen LogP contribution in [0.15, 0.2) is 23.1 Å². The van der Waals surface area contributed by atoms with Crippen LogP contribution in [0, 0.1) is 0 Å². The Hall–Kier alpha value is -1.40. The van der Waals surface area contributed by atoms with Crippen LogP contribution >= 0.6 is 0 Å². The van der Waals surface area contributed by atoms with Gasteiger partial charge >= 0.3 is 0 Å². The van der Waals surface area contributed by atoms with E-state index >= 15 is 0 Å². The molecule has 118 valence electrons. The van der Waals surface area contributed by atoms with Gasteiger partial charge in [-0.05, 0) is 49.4 Å². The smallest absolute Gasteiger partial charge is 0.243 e. The minimum atomic E-state index is -3.47. The van der Waals surface area contributed by atoms with E-state index in [0.717, 1.165) is 49.8 Å². The van der Waals surface area contributed by atoms with E-state index in [0.29, 0.717) is 4.90 Å². The lowest BCUT2D eigenvalue weighted by Crippen LogP contribution is -2.40. The van der Waals surface area contributed by atoms with Gasteiger partial charge in [0, 0.05) is 17.8 Å². The number of rotatable bonds is 4. The first-order valence-corrected chi connectivity index (χ1v) is 9.46. The van der Waals surface area contributed by atoms with Crippen LogP contribution in [0.1, 0.15) is 44.1 Å². The molecule has 1 aromatic rings. The molecule has 1 N–H and O–H groups in total. The molecule has 0 bridgehead atoms. The number of fused-ring (bicyclic) bond motifs is 1. The van der Waals surface area contributed by atoms with E-state index in [1.165, 1.54) is 0 Å². The van der Waals surface area contributed by atoms with Gasteiger partial charge in [-0.15, -0.1) is 0 Å². The Bertz CT molecular complexity index is 719. The van der Waals surface area contributed by atoms with E-state index in [9.17, 15) is 13.2 Å². The van der Waals surface area contributed by atoms with Crippen molar-refractivity contribution < 1.29 is 13.2 Å². The summed E-state index contributed by atoms with van der Waals surface area (Å²) in [5.41, 5.74) is 1.52. The molecule has 0 atom stereocenters. The van der Waals surface area contributed by atoms with Gasteiger partial charge in [0.1, 0.15) is 0 Å². The molecule has 1 heterocycles. The average molecular weight is 320 g/mol. The second kappa shape index (κ2) is 5.06. The van der Waals surface area contributed by atoms with Crippen molar-refractivity contribution in [2.45, 2.75) is 61.9 Å². The van der Waals surface area contributed by atoms with Gasteiger partial charge in [0.2, 0.25) is 15.9 Å². The molecule has 6 heteroatoms. The van der Waals surface area contributed by atoms with Crippen LogP contribution in [-0.4, -0.2) is 30.7 Å². The molecular weight excluding hydrogens is 300 g/mol. The van der Waals surface area contributed by atoms with Crippen LogP contribution in [0.4, 0.5) is 5.69 Å². The molecule has 1 amide bonds. The Balaban J connectivity index is 1.70. The molecule has 2 aliphatic carbocycles. The largest absolute Gasteiger partial charge is 0.326 e. The van der Waals surface area contributed by atoms with Gasteiger partial charge in [-0.3, -0.25) is 4.79 Å².